The molecule has 0 atom stereocenters. The van der Waals surface area contributed by atoms with Crippen LogP contribution >= 0.6 is 0 Å². The number of hydrogen-bond donors (Lipinski definition) is 1. The topological polar surface area (TPSA) is 88.2 Å². The molecular weight excluding hydrogens is 482 g/mol. The van der Waals surface area contributed by atoms with Crippen LogP contribution in [0.3, 0.4) is 0 Å². The summed E-state index contributed by atoms with van der Waals surface area (Å²) in [5, 5.41) is 2.61. The van der Waals surface area contributed by atoms with Gasteiger partial charge in [0.2, 0.25) is 6.41 Å². The van der Waals surface area contributed by atoms with E-state index in [0.717, 1.165) is 22.4 Å². The molecule has 1 spiro atoms. The van der Waals surface area contributed by atoms with Gasteiger partial charge >= 0.3 is 6.09 Å². The van der Waals surface area contributed by atoms with Crippen molar-refractivity contribution >= 4 is 24.0 Å². The summed E-state index contributed by atoms with van der Waals surface area (Å²) >= 11 is 0. The van der Waals surface area contributed by atoms with Crippen LogP contribution in [0, 0.1) is 0 Å². The standard InChI is InChI=1S/C30H37N3O5/c1-5-32(19-16-31-21-34)27(35)23-12-10-22(11-13-23)25-20-30(37-26-9-7-6-8-24(25)26)14-17-33(18-15-30)28(36)38-29(2,3)4/h6-13,20-21H,5,14-19H2,1-4H3,(H,31,34). The minimum atomic E-state index is -0.534. The molecule has 0 aromatic heterocycles. The lowest BCUT2D eigenvalue weighted by atomic mass is 9.83. The Balaban J connectivity index is 1.55. The smallest absolute Gasteiger partial charge is 0.410 e. The average Bonchev–Trinajstić information content (AvgIpc) is 2.90. The molecular formula is C30H37N3O5. The molecule has 2 aliphatic rings. The van der Waals surface area contributed by atoms with E-state index < -0.39 is 11.2 Å². The zero-order valence-corrected chi connectivity index (χ0v) is 22.7. The van der Waals surface area contributed by atoms with E-state index in [2.05, 4.69) is 11.4 Å². The monoisotopic (exact) mass is 519 g/mol. The zero-order valence-electron chi connectivity index (χ0n) is 22.7. The summed E-state index contributed by atoms with van der Waals surface area (Å²) in [6.07, 6.45) is 3.83. The van der Waals surface area contributed by atoms with Gasteiger partial charge in [0.15, 0.2) is 0 Å². The molecule has 202 valence electrons. The van der Waals surface area contributed by atoms with E-state index in [1.165, 1.54) is 0 Å². The van der Waals surface area contributed by atoms with E-state index in [0.29, 0.717) is 57.5 Å². The number of benzene rings is 2. The quantitative estimate of drug-likeness (QED) is 0.430. The van der Waals surface area contributed by atoms with Gasteiger partial charge in [-0.2, -0.15) is 0 Å². The van der Waals surface area contributed by atoms with Crippen molar-refractivity contribution in [2.45, 2.75) is 51.7 Å². The number of fused-ring (bicyclic) bond motifs is 1. The van der Waals surface area contributed by atoms with Crippen molar-refractivity contribution in [1.82, 2.24) is 15.1 Å². The fourth-order valence-electron chi connectivity index (χ4n) is 4.88. The SMILES string of the molecule is CCN(CCNC=O)C(=O)c1ccc(C2=CC3(CCN(C(=O)OC(C)(C)C)CC3)Oc3ccccc32)cc1. The number of piperidine rings is 1. The van der Waals surface area contributed by atoms with E-state index >= 15 is 0 Å². The normalized spacial score (nSPS) is 16.1. The Morgan fingerprint density at radius 2 is 1.79 bits per heavy atom. The molecule has 1 saturated heterocycles. The fourth-order valence-corrected chi connectivity index (χ4v) is 4.88. The second kappa shape index (κ2) is 11.3. The first-order valence-corrected chi connectivity index (χ1v) is 13.2. The van der Waals surface area contributed by atoms with Gasteiger partial charge in [0, 0.05) is 56.7 Å². The summed E-state index contributed by atoms with van der Waals surface area (Å²) in [5.74, 6) is 0.745. The van der Waals surface area contributed by atoms with Crippen molar-refractivity contribution in [3.05, 3.63) is 71.3 Å². The first-order valence-electron chi connectivity index (χ1n) is 13.2. The fraction of sp³-hybridized carbons (Fsp3) is 0.433. The molecule has 8 nitrogen and oxygen atoms in total. The van der Waals surface area contributed by atoms with Crippen LogP contribution in [-0.4, -0.2) is 72.1 Å². The van der Waals surface area contributed by atoms with Crippen molar-refractivity contribution in [2.75, 3.05) is 32.7 Å². The van der Waals surface area contributed by atoms with E-state index in [-0.39, 0.29) is 12.0 Å². The van der Waals surface area contributed by atoms with Crippen molar-refractivity contribution in [3.8, 4) is 5.75 Å². The Morgan fingerprint density at radius 1 is 1.11 bits per heavy atom. The van der Waals surface area contributed by atoms with Crippen LogP contribution in [0.15, 0.2) is 54.6 Å². The molecule has 8 heteroatoms. The molecule has 0 aliphatic carbocycles. The molecule has 0 bridgehead atoms. The predicted molar refractivity (Wildman–Crippen MR) is 146 cm³/mol. The molecule has 1 fully saturated rings. The molecule has 0 unspecified atom stereocenters. The lowest BCUT2D eigenvalue weighted by Gasteiger charge is -2.43. The number of hydrogen-bond acceptors (Lipinski definition) is 5. The second-order valence-electron chi connectivity index (χ2n) is 10.7. The summed E-state index contributed by atoms with van der Waals surface area (Å²) in [4.78, 5) is 39.6. The number of nitrogens with zero attached hydrogens (tertiary/aromatic N) is 2. The minimum absolute atomic E-state index is 0.0703. The van der Waals surface area contributed by atoms with Gasteiger partial charge in [-0.1, -0.05) is 30.3 Å². The molecule has 38 heavy (non-hydrogen) atoms. The van der Waals surface area contributed by atoms with Crippen LogP contribution in [0.25, 0.3) is 5.57 Å². The zero-order chi connectivity index (χ0) is 27.3. The third kappa shape index (κ3) is 6.18. The van der Waals surface area contributed by atoms with Gasteiger partial charge < -0.3 is 24.6 Å². The summed E-state index contributed by atoms with van der Waals surface area (Å²) < 4.78 is 12.1. The maximum atomic E-state index is 13.0. The third-order valence-corrected chi connectivity index (χ3v) is 6.88. The summed E-state index contributed by atoms with van der Waals surface area (Å²) in [6, 6.07) is 15.6. The number of ether oxygens (including phenoxy) is 2. The highest BCUT2D eigenvalue weighted by Gasteiger charge is 2.40. The Bertz CT molecular complexity index is 1190. The highest BCUT2D eigenvalue weighted by Crippen LogP contribution is 2.43. The number of carbonyl (C=O) groups is 3. The van der Waals surface area contributed by atoms with Crippen molar-refractivity contribution in [3.63, 3.8) is 0 Å². The van der Waals surface area contributed by atoms with Gasteiger partial charge in [-0.25, -0.2) is 4.79 Å². The van der Waals surface area contributed by atoms with Crippen LogP contribution in [-0.2, 0) is 9.53 Å². The minimum Gasteiger partial charge on any atom is -0.482 e. The first kappa shape index (κ1) is 27.2. The number of likely N-dealkylation sites (N-methyl/N-ethyl adjacent to an activating group) is 1. The number of rotatable bonds is 7. The number of amides is 3. The molecule has 2 aromatic rings. The Labute approximate surface area is 224 Å². The van der Waals surface area contributed by atoms with Crippen molar-refractivity contribution in [1.29, 1.82) is 0 Å². The summed E-state index contributed by atoms with van der Waals surface area (Å²) in [7, 11) is 0. The molecule has 3 amide bonds. The Morgan fingerprint density at radius 3 is 2.42 bits per heavy atom. The maximum Gasteiger partial charge on any atom is 0.410 e. The molecule has 4 rings (SSSR count). The van der Waals surface area contributed by atoms with E-state index in [1.54, 1.807) is 9.80 Å². The van der Waals surface area contributed by atoms with Crippen LogP contribution in [0.2, 0.25) is 0 Å². The van der Waals surface area contributed by atoms with Crippen LogP contribution in [0.1, 0.15) is 62.0 Å². The number of nitrogens with one attached hydrogen (secondary N) is 1. The Hall–Kier alpha value is -3.81. The Kier molecular flexibility index (Phi) is 8.09. The molecule has 1 N–H and O–H groups in total. The van der Waals surface area contributed by atoms with Gasteiger partial charge in [0.25, 0.3) is 5.91 Å². The summed E-state index contributed by atoms with van der Waals surface area (Å²) in [6.45, 7) is 10.0. The third-order valence-electron chi connectivity index (χ3n) is 6.88. The van der Waals surface area contributed by atoms with Gasteiger partial charge in [-0.3, -0.25) is 9.59 Å². The average molecular weight is 520 g/mol. The number of para-hydroxylation sites is 1. The van der Waals surface area contributed by atoms with Gasteiger partial charge in [0.1, 0.15) is 17.0 Å². The molecule has 0 saturated carbocycles. The van der Waals surface area contributed by atoms with Gasteiger partial charge in [0.05, 0.1) is 0 Å². The van der Waals surface area contributed by atoms with Crippen molar-refractivity contribution < 1.29 is 23.9 Å². The lowest BCUT2D eigenvalue weighted by molar-refractivity contribution is -0.109. The molecule has 0 radical (unpaired) electrons. The molecule has 2 aliphatic heterocycles. The van der Waals surface area contributed by atoms with Gasteiger partial charge in [-0.15, -0.1) is 0 Å². The summed E-state index contributed by atoms with van der Waals surface area (Å²) in [5.41, 5.74) is 2.59. The van der Waals surface area contributed by atoms with E-state index in [9.17, 15) is 14.4 Å². The highest BCUT2D eigenvalue weighted by molar-refractivity contribution is 5.95. The molecule has 2 heterocycles. The second-order valence-corrected chi connectivity index (χ2v) is 10.7. The largest absolute Gasteiger partial charge is 0.482 e. The predicted octanol–water partition coefficient (Wildman–Crippen LogP) is 4.49. The van der Waals surface area contributed by atoms with Gasteiger partial charge in [-0.05, 0) is 63.1 Å². The lowest BCUT2D eigenvalue weighted by Crippen LogP contribution is -2.50. The van der Waals surface area contributed by atoms with Crippen LogP contribution in [0.4, 0.5) is 4.79 Å². The number of carbonyl (C=O) groups excluding carboxylic acids is 3. The molecule has 2 aromatic carbocycles. The number of likely N-dealkylation sites (tertiary alicyclic amines) is 1. The van der Waals surface area contributed by atoms with E-state index in [4.69, 9.17) is 9.47 Å². The first-order chi connectivity index (χ1) is 18.1. The van der Waals surface area contributed by atoms with Crippen LogP contribution < -0.4 is 10.1 Å². The van der Waals surface area contributed by atoms with Crippen LogP contribution in [0.5, 0.6) is 5.75 Å². The van der Waals surface area contributed by atoms with E-state index in [1.807, 2.05) is 76.2 Å². The maximum absolute atomic E-state index is 13.0. The van der Waals surface area contributed by atoms with Crippen molar-refractivity contribution in [2.24, 2.45) is 0 Å². The highest BCUT2D eigenvalue weighted by atomic mass is 16.6.